The van der Waals surface area contributed by atoms with Gasteiger partial charge in [-0.3, -0.25) is 4.98 Å². The van der Waals surface area contributed by atoms with Gasteiger partial charge in [0, 0.05) is 36.9 Å². The third kappa shape index (κ3) is 3.79. The molecule has 18 heavy (non-hydrogen) atoms. The highest BCUT2D eigenvalue weighted by molar-refractivity contribution is 5.04. The van der Waals surface area contributed by atoms with E-state index in [9.17, 15) is 0 Å². The molecule has 0 radical (unpaired) electrons. The molecule has 0 spiro atoms. The second-order valence-corrected chi connectivity index (χ2v) is 5.54. The van der Waals surface area contributed by atoms with Gasteiger partial charge >= 0.3 is 0 Å². The van der Waals surface area contributed by atoms with Gasteiger partial charge in [-0.2, -0.15) is 0 Å². The number of rotatable bonds is 4. The van der Waals surface area contributed by atoms with Crippen LogP contribution < -0.4 is 5.32 Å². The Labute approximate surface area is 111 Å². The summed E-state index contributed by atoms with van der Waals surface area (Å²) in [4.78, 5) is 6.98. The summed E-state index contributed by atoms with van der Waals surface area (Å²) in [6, 6.07) is 6.17. The number of pyridine rings is 1. The zero-order valence-corrected chi connectivity index (χ0v) is 11.7. The van der Waals surface area contributed by atoms with Crippen molar-refractivity contribution in [1.29, 1.82) is 0 Å². The van der Waals surface area contributed by atoms with Crippen LogP contribution in [0.15, 0.2) is 24.4 Å². The highest BCUT2D eigenvalue weighted by Crippen LogP contribution is 2.15. The molecular weight excluding hydrogens is 222 g/mol. The fourth-order valence-electron chi connectivity index (χ4n) is 2.57. The summed E-state index contributed by atoms with van der Waals surface area (Å²) < 4.78 is 0. The van der Waals surface area contributed by atoms with Crippen LogP contribution in [0, 0.1) is 0 Å². The minimum absolute atomic E-state index is 0.278. The normalized spacial score (nSPS) is 25.9. The van der Waals surface area contributed by atoms with Crippen LogP contribution in [0.3, 0.4) is 0 Å². The van der Waals surface area contributed by atoms with Gasteiger partial charge in [0.1, 0.15) is 0 Å². The van der Waals surface area contributed by atoms with E-state index in [4.69, 9.17) is 0 Å². The molecule has 1 atom stereocenters. The molecule has 100 valence electrons. The van der Waals surface area contributed by atoms with Crippen molar-refractivity contribution in [3.8, 4) is 0 Å². The van der Waals surface area contributed by atoms with E-state index in [-0.39, 0.29) is 5.54 Å². The molecule has 2 rings (SSSR count). The molecule has 0 saturated carbocycles. The predicted octanol–water partition coefficient (Wildman–Crippen LogP) is 2.09. The smallest absolute Gasteiger partial charge is 0.0416 e. The van der Waals surface area contributed by atoms with Crippen LogP contribution in [0.1, 0.15) is 32.4 Å². The van der Waals surface area contributed by atoms with Crippen LogP contribution in [0.2, 0.25) is 0 Å². The average molecular weight is 247 g/mol. The third-order valence-corrected chi connectivity index (χ3v) is 3.97. The quantitative estimate of drug-likeness (QED) is 0.883. The molecule has 2 heterocycles. The van der Waals surface area contributed by atoms with Gasteiger partial charge in [-0.25, -0.2) is 0 Å². The standard InChI is InChI=1S/C15H25N3/c1-3-15(2)13-18(11-6-10-17-15)12-8-14-7-4-5-9-16-14/h4-5,7,9,17H,3,6,8,10-13H2,1-2H3. The molecule has 1 aromatic rings. The predicted molar refractivity (Wildman–Crippen MR) is 75.7 cm³/mol. The Bertz CT molecular complexity index is 352. The number of nitrogens with one attached hydrogen (secondary N) is 1. The van der Waals surface area contributed by atoms with E-state index in [1.807, 2.05) is 12.3 Å². The van der Waals surface area contributed by atoms with Crippen molar-refractivity contribution < 1.29 is 0 Å². The van der Waals surface area contributed by atoms with Crippen LogP contribution in [0.5, 0.6) is 0 Å². The van der Waals surface area contributed by atoms with Crippen molar-refractivity contribution in [3.63, 3.8) is 0 Å². The molecule has 1 N–H and O–H groups in total. The molecule has 1 saturated heterocycles. The minimum Gasteiger partial charge on any atom is -0.310 e. The minimum atomic E-state index is 0.278. The largest absolute Gasteiger partial charge is 0.310 e. The number of hydrogen-bond donors (Lipinski definition) is 1. The fraction of sp³-hybridized carbons (Fsp3) is 0.667. The second-order valence-electron chi connectivity index (χ2n) is 5.54. The highest BCUT2D eigenvalue weighted by atomic mass is 15.2. The van der Waals surface area contributed by atoms with Crippen LogP contribution in [0.25, 0.3) is 0 Å². The van der Waals surface area contributed by atoms with Gasteiger partial charge in [0.05, 0.1) is 0 Å². The molecule has 0 bridgehead atoms. The Balaban J connectivity index is 1.88. The van der Waals surface area contributed by atoms with E-state index in [1.54, 1.807) is 0 Å². The maximum absolute atomic E-state index is 4.40. The Morgan fingerprint density at radius 3 is 3.06 bits per heavy atom. The summed E-state index contributed by atoms with van der Waals surface area (Å²) in [5.41, 5.74) is 1.48. The second kappa shape index (κ2) is 6.30. The maximum atomic E-state index is 4.40. The number of nitrogens with zero attached hydrogens (tertiary/aromatic N) is 2. The molecule has 3 nitrogen and oxygen atoms in total. The molecule has 0 aromatic carbocycles. The van der Waals surface area contributed by atoms with Gasteiger partial charge < -0.3 is 10.2 Å². The van der Waals surface area contributed by atoms with Gasteiger partial charge in [0.15, 0.2) is 0 Å². The first-order chi connectivity index (χ1) is 8.72. The average Bonchev–Trinajstić information content (AvgIpc) is 2.60. The van der Waals surface area contributed by atoms with E-state index in [2.05, 4.69) is 41.2 Å². The van der Waals surface area contributed by atoms with Crippen molar-refractivity contribution in [2.45, 2.75) is 38.6 Å². The van der Waals surface area contributed by atoms with E-state index in [1.165, 1.54) is 25.1 Å². The van der Waals surface area contributed by atoms with Gasteiger partial charge in [0.2, 0.25) is 0 Å². The molecule has 1 fully saturated rings. The van der Waals surface area contributed by atoms with Crippen molar-refractivity contribution in [1.82, 2.24) is 15.2 Å². The van der Waals surface area contributed by atoms with Gasteiger partial charge in [0.25, 0.3) is 0 Å². The van der Waals surface area contributed by atoms with Crippen molar-refractivity contribution in [2.75, 3.05) is 26.2 Å². The Kier molecular flexibility index (Phi) is 4.72. The Morgan fingerprint density at radius 2 is 2.33 bits per heavy atom. The molecule has 3 heteroatoms. The molecule has 1 aliphatic rings. The number of aromatic nitrogens is 1. The first-order valence-corrected chi connectivity index (χ1v) is 7.09. The zero-order chi connectivity index (χ0) is 12.8. The van der Waals surface area contributed by atoms with Crippen molar-refractivity contribution in [3.05, 3.63) is 30.1 Å². The number of hydrogen-bond acceptors (Lipinski definition) is 3. The first kappa shape index (κ1) is 13.5. The summed E-state index contributed by atoms with van der Waals surface area (Å²) in [6.45, 7) is 9.23. The van der Waals surface area contributed by atoms with Crippen molar-refractivity contribution in [2.24, 2.45) is 0 Å². The lowest BCUT2D eigenvalue weighted by Crippen LogP contribution is -2.48. The monoisotopic (exact) mass is 247 g/mol. The lowest BCUT2D eigenvalue weighted by molar-refractivity contribution is 0.217. The van der Waals surface area contributed by atoms with E-state index in [0.717, 1.165) is 26.1 Å². The molecule has 1 aromatic heterocycles. The molecule has 1 unspecified atom stereocenters. The summed E-state index contributed by atoms with van der Waals surface area (Å²) in [7, 11) is 0. The van der Waals surface area contributed by atoms with Gasteiger partial charge in [-0.05, 0) is 45.0 Å². The lowest BCUT2D eigenvalue weighted by atomic mass is 9.98. The van der Waals surface area contributed by atoms with Gasteiger partial charge in [-0.1, -0.05) is 13.0 Å². The molecular formula is C15H25N3. The SMILES string of the molecule is CCC1(C)CN(CCc2ccccn2)CCCN1. The summed E-state index contributed by atoms with van der Waals surface area (Å²) >= 11 is 0. The molecule has 0 aliphatic carbocycles. The maximum Gasteiger partial charge on any atom is 0.0416 e. The summed E-state index contributed by atoms with van der Waals surface area (Å²) in [5.74, 6) is 0. The van der Waals surface area contributed by atoms with Crippen LogP contribution in [-0.4, -0.2) is 41.6 Å². The fourth-order valence-corrected chi connectivity index (χ4v) is 2.57. The van der Waals surface area contributed by atoms with E-state index in [0.29, 0.717) is 0 Å². The van der Waals surface area contributed by atoms with Crippen LogP contribution in [-0.2, 0) is 6.42 Å². The van der Waals surface area contributed by atoms with E-state index >= 15 is 0 Å². The van der Waals surface area contributed by atoms with Gasteiger partial charge in [-0.15, -0.1) is 0 Å². The lowest BCUT2D eigenvalue weighted by Gasteiger charge is -2.32. The Hall–Kier alpha value is -0.930. The van der Waals surface area contributed by atoms with E-state index < -0.39 is 0 Å². The molecule has 0 amide bonds. The highest BCUT2D eigenvalue weighted by Gasteiger charge is 2.26. The topological polar surface area (TPSA) is 28.2 Å². The van der Waals surface area contributed by atoms with Crippen LogP contribution >= 0.6 is 0 Å². The third-order valence-electron chi connectivity index (χ3n) is 3.97. The summed E-state index contributed by atoms with van der Waals surface area (Å²) in [6.07, 6.45) is 5.38. The molecule has 1 aliphatic heterocycles. The van der Waals surface area contributed by atoms with Crippen molar-refractivity contribution >= 4 is 0 Å². The zero-order valence-electron chi connectivity index (χ0n) is 11.7. The first-order valence-electron chi connectivity index (χ1n) is 7.09. The Morgan fingerprint density at radius 1 is 1.44 bits per heavy atom. The summed E-state index contributed by atoms with van der Waals surface area (Å²) in [5, 5.41) is 3.68. The van der Waals surface area contributed by atoms with Crippen LogP contribution in [0.4, 0.5) is 0 Å².